The monoisotopic (exact) mass is 266 g/mol. The molecule has 0 saturated heterocycles. The van der Waals surface area contributed by atoms with Gasteiger partial charge in [-0.3, -0.25) is 4.79 Å². The number of nitrogens with two attached hydrogens (primary N) is 1. The van der Waals surface area contributed by atoms with E-state index in [1.165, 1.54) is 32.1 Å². The van der Waals surface area contributed by atoms with Crippen LogP contribution in [0.5, 0.6) is 0 Å². The molecule has 5 atom stereocenters. The minimum atomic E-state index is 0.0441. The lowest BCUT2D eigenvalue weighted by Crippen LogP contribution is -2.46. The molecule has 110 valence electrons. The summed E-state index contributed by atoms with van der Waals surface area (Å²) in [5, 5.41) is 3.18. The van der Waals surface area contributed by atoms with Gasteiger partial charge in [0, 0.05) is 12.6 Å². The summed E-state index contributed by atoms with van der Waals surface area (Å²) in [5.41, 5.74) is 6.12. The van der Waals surface area contributed by atoms with Crippen molar-refractivity contribution in [2.75, 3.05) is 6.54 Å². The fraction of sp³-hybridized carbons (Fsp3) is 0.938. The fourth-order valence-electron chi connectivity index (χ4n) is 3.76. The van der Waals surface area contributed by atoms with Crippen LogP contribution in [0.3, 0.4) is 0 Å². The molecule has 1 amide bonds. The largest absolute Gasteiger partial charge is 0.356 e. The predicted molar refractivity (Wildman–Crippen MR) is 78.6 cm³/mol. The first-order valence-corrected chi connectivity index (χ1v) is 8.11. The average Bonchev–Trinajstić information content (AvgIpc) is 2.40. The van der Waals surface area contributed by atoms with E-state index in [9.17, 15) is 4.79 Å². The quantitative estimate of drug-likeness (QED) is 0.825. The Morgan fingerprint density at radius 3 is 2.63 bits per heavy atom. The van der Waals surface area contributed by atoms with E-state index in [0.29, 0.717) is 11.8 Å². The smallest absolute Gasteiger partial charge is 0.224 e. The molecule has 0 bridgehead atoms. The van der Waals surface area contributed by atoms with Crippen LogP contribution in [-0.4, -0.2) is 18.5 Å². The lowest BCUT2D eigenvalue weighted by atomic mass is 9.78. The van der Waals surface area contributed by atoms with E-state index in [2.05, 4.69) is 19.2 Å². The molecule has 0 aromatic carbocycles. The van der Waals surface area contributed by atoms with E-state index in [0.717, 1.165) is 25.3 Å². The van der Waals surface area contributed by atoms with Crippen LogP contribution in [0.1, 0.15) is 58.8 Å². The first kappa shape index (κ1) is 14.8. The summed E-state index contributed by atoms with van der Waals surface area (Å²) in [6.45, 7) is 5.41. The zero-order valence-corrected chi connectivity index (χ0v) is 12.5. The normalized spacial score (nSPS) is 39.8. The zero-order valence-electron chi connectivity index (χ0n) is 12.5. The van der Waals surface area contributed by atoms with Crippen LogP contribution < -0.4 is 11.1 Å². The Hall–Kier alpha value is -0.570. The van der Waals surface area contributed by atoms with Gasteiger partial charge in [-0.25, -0.2) is 0 Å². The zero-order chi connectivity index (χ0) is 13.8. The van der Waals surface area contributed by atoms with Gasteiger partial charge in [-0.15, -0.1) is 0 Å². The second kappa shape index (κ2) is 6.74. The number of carbonyl (C=O) groups excluding carboxylic acids is 1. The van der Waals surface area contributed by atoms with Crippen molar-refractivity contribution in [2.45, 2.75) is 64.8 Å². The average molecular weight is 266 g/mol. The number of rotatable bonds is 3. The van der Waals surface area contributed by atoms with Gasteiger partial charge in [0.25, 0.3) is 0 Å². The lowest BCUT2D eigenvalue weighted by molar-refractivity contribution is -0.127. The highest BCUT2D eigenvalue weighted by atomic mass is 16.1. The van der Waals surface area contributed by atoms with E-state index in [1.54, 1.807) is 0 Å². The van der Waals surface area contributed by atoms with Gasteiger partial charge in [-0.05, 0) is 43.4 Å². The van der Waals surface area contributed by atoms with Gasteiger partial charge in [0.15, 0.2) is 0 Å². The van der Waals surface area contributed by atoms with Gasteiger partial charge in [0.1, 0.15) is 0 Å². The summed E-state index contributed by atoms with van der Waals surface area (Å²) in [7, 11) is 0. The van der Waals surface area contributed by atoms with E-state index >= 15 is 0 Å². The number of hydrogen-bond donors (Lipinski definition) is 2. The molecule has 19 heavy (non-hydrogen) atoms. The van der Waals surface area contributed by atoms with E-state index in [4.69, 9.17) is 5.73 Å². The van der Waals surface area contributed by atoms with Gasteiger partial charge in [-0.2, -0.15) is 0 Å². The van der Waals surface area contributed by atoms with Crippen molar-refractivity contribution in [1.29, 1.82) is 0 Å². The van der Waals surface area contributed by atoms with Crippen LogP contribution in [0.4, 0.5) is 0 Å². The van der Waals surface area contributed by atoms with Crippen LogP contribution in [0.25, 0.3) is 0 Å². The van der Waals surface area contributed by atoms with Crippen molar-refractivity contribution >= 4 is 5.91 Å². The first-order chi connectivity index (χ1) is 9.08. The van der Waals surface area contributed by atoms with Crippen molar-refractivity contribution in [3.63, 3.8) is 0 Å². The standard InChI is InChI=1S/C16H30N2O/c1-11-7-8-15(17)14(9-11)16(19)18-10-13-6-4-3-5-12(13)2/h11-15H,3-10,17H2,1-2H3,(H,18,19). The molecule has 2 saturated carbocycles. The van der Waals surface area contributed by atoms with Crippen molar-refractivity contribution in [1.82, 2.24) is 5.32 Å². The van der Waals surface area contributed by atoms with E-state index < -0.39 is 0 Å². The molecular formula is C16H30N2O. The highest BCUT2D eigenvalue weighted by Crippen LogP contribution is 2.30. The molecule has 0 aliphatic heterocycles. The number of nitrogens with one attached hydrogen (secondary N) is 1. The third kappa shape index (κ3) is 3.95. The minimum absolute atomic E-state index is 0.0441. The highest BCUT2D eigenvalue weighted by Gasteiger charge is 2.32. The minimum Gasteiger partial charge on any atom is -0.356 e. The second-order valence-corrected chi connectivity index (χ2v) is 6.96. The number of hydrogen-bond acceptors (Lipinski definition) is 2. The molecule has 0 radical (unpaired) electrons. The molecule has 0 spiro atoms. The Morgan fingerprint density at radius 1 is 1.16 bits per heavy atom. The number of amides is 1. The van der Waals surface area contributed by atoms with Gasteiger partial charge in [0.2, 0.25) is 5.91 Å². The molecule has 2 fully saturated rings. The maximum Gasteiger partial charge on any atom is 0.224 e. The SMILES string of the molecule is CC1CCC(N)C(C(=O)NCC2CCCCC2C)C1. The Balaban J connectivity index is 1.79. The molecule has 0 heterocycles. The van der Waals surface area contributed by atoms with Crippen molar-refractivity contribution in [3.8, 4) is 0 Å². The van der Waals surface area contributed by atoms with Crippen molar-refractivity contribution in [3.05, 3.63) is 0 Å². The molecule has 3 heteroatoms. The van der Waals surface area contributed by atoms with Crippen molar-refractivity contribution < 1.29 is 4.79 Å². The van der Waals surface area contributed by atoms with Crippen LogP contribution in [-0.2, 0) is 4.79 Å². The van der Waals surface area contributed by atoms with Crippen LogP contribution in [0, 0.1) is 23.7 Å². The summed E-state index contributed by atoms with van der Waals surface area (Å²) in [4.78, 5) is 12.3. The second-order valence-electron chi connectivity index (χ2n) is 6.96. The molecule has 2 rings (SSSR count). The maximum absolute atomic E-state index is 12.3. The van der Waals surface area contributed by atoms with Gasteiger partial charge >= 0.3 is 0 Å². The summed E-state index contributed by atoms with van der Waals surface area (Å²) in [6, 6.07) is 0.0694. The highest BCUT2D eigenvalue weighted by molar-refractivity contribution is 5.79. The Bertz CT molecular complexity index is 305. The summed E-state index contributed by atoms with van der Waals surface area (Å²) < 4.78 is 0. The van der Waals surface area contributed by atoms with Gasteiger partial charge in [0.05, 0.1) is 5.92 Å². The molecule has 2 aliphatic carbocycles. The van der Waals surface area contributed by atoms with E-state index in [1.807, 2.05) is 0 Å². The third-order valence-electron chi connectivity index (χ3n) is 5.33. The van der Waals surface area contributed by atoms with Crippen LogP contribution in [0.2, 0.25) is 0 Å². The van der Waals surface area contributed by atoms with Crippen LogP contribution in [0.15, 0.2) is 0 Å². The third-order valence-corrected chi connectivity index (χ3v) is 5.33. The molecule has 2 aliphatic rings. The summed E-state index contributed by atoms with van der Waals surface area (Å²) in [5.74, 6) is 2.33. The van der Waals surface area contributed by atoms with Crippen LogP contribution >= 0.6 is 0 Å². The summed E-state index contributed by atoms with van der Waals surface area (Å²) in [6.07, 6.45) is 8.41. The molecule has 5 unspecified atom stereocenters. The fourth-order valence-corrected chi connectivity index (χ4v) is 3.76. The Morgan fingerprint density at radius 2 is 1.89 bits per heavy atom. The predicted octanol–water partition coefficient (Wildman–Crippen LogP) is 2.69. The summed E-state index contributed by atoms with van der Waals surface area (Å²) >= 11 is 0. The lowest BCUT2D eigenvalue weighted by Gasteiger charge is -2.33. The van der Waals surface area contributed by atoms with Gasteiger partial charge in [-0.1, -0.05) is 33.1 Å². The first-order valence-electron chi connectivity index (χ1n) is 8.11. The molecule has 3 N–H and O–H groups in total. The van der Waals surface area contributed by atoms with Crippen molar-refractivity contribution in [2.24, 2.45) is 29.4 Å². The maximum atomic E-state index is 12.3. The Labute approximate surface area is 117 Å². The number of carbonyl (C=O) groups is 1. The van der Waals surface area contributed by atoms with Gasteiger partial charge < -0.3 is 11.1 Å². The Kier molecular flexibility index (Phi) is 5.26. The topological polar surface area (TPSA) is 55.1 Å². The van der Waals surface area contributed by atoms with E-state index in [-0.39, 0.29) is 17.9 Å². The molecule has 0 aromatic heterocycles. The molecular weight excluding hydrogens is 236 g/mol. The molecule has 3 nitrogen and oxygen atoms in total. The molecule has 0 aromatic rings.